The van der Waals surface area contributed by atoms with Crippen molar-refractivity contribution >= 4 is 5.91 Å². The van der Waals surface area contributed by atoms with Gasteiger partial charge in [-0.05, 0) is 37.0 Å². The number of nitrogens with one attached hydrogen (secondary N) is 1. The van der Waals surface area contributed by atoms with Crippen molar-refractivity contribution in [3.05, 3.63) is 41.5 Å². The van der Waals surface area contributed by atoms with E-state index in [-0.39, 0.29) is 11.9 Å². The van der Waals surface area contributed by atoms with Gasteiger partial charge in [-0.2, -0.15) is 0 Å². The third kappa shape index (κ3) is 3.13. The summed E-state index contributed by atoms with van der Waals surface area (Å²) in [4.78, 5) is 11.3. The zero-order valence-corrected chi connectivity index (χ0v) is 13.7. The maximum Gasteiger partial charge on any atom is 0.220 e. The summed E-state index contributed by atoms with van der Waals surface area (Å²) in [5, 5.41) is 11.6. The summed E-state index contributed by atoms with van der Waals surface area (Å²) in [6.07, 6.45) is 6.11. The molecule has 24 heavy (non-hydrogen) atoms. The molecule has 6 heteroatoms. The molecule has 1 fully saturated rings. The van der Waals surface area contributed by atoms with Crippen LogP contribution in [-0.4, -0.2) is 20.7 Å². The number of hydrogen-bond donors (Lipinski definition) is 1. The van der Waals surface area contributed by atoms with Gasteiger partial charge in [-0.1, -0.05) is 18.6 Å². The molecule has 2 aromatic rings. The van der Waals surface area contributed by atoms with Crippen molar-refractivity contribution < 1.29 is 9.53 Å². The van der Waals surface area contributed by atoms with Crippen LogP contribution in [0, 0.1) is 0 Å². The van der Waals surface area contributed by atoms with Gasteiger partial charge in [0.25, 0.3) is 0 Å². The van der Waals surface area contributed by atoms with E-state index in [2.05, 4.69) is 20.1 Å². The Balaban J connectivity index is 1.39. The summed E-state index contributed by atoms with van der Waals surface area (Å²) >= 11 is 0. The van der Waals surface area contributed by atoms with Gasteiger partial charge in [0.05, 0.1) is 6.04 Å². The van der Waals surface area contributed by atoms with E-state index in [9.17, 15) is 4.79 Å². The highest BCUT2D eigenvalue weighted by Crippen LogP contribution is 2.25. The number of amides is 1. The highest BCUT2D eigenvalue weighted by atomic mass is 16.5. The number of hydrogen-bond acceptors (Lipinski definition) is 4. The molecular formula is C18H22N4O2. The lowest BCUT2D eigenvalue weighted by Gasteiger charge is -2.12. The molecule has 1 aromatic carbocycles. The van der Waals surface area contributed by atoms with Crippen LogP contribution in [0.25, 0.3) is 0 Å². The van der Waals surface area contributed by atoms with Gasteiger partial charge in [0.1, 0.15) is 18.2 Å². The maximum absolute atomic E-state index is 11.3. The Hall–Kier alpha value is -2.37. The molecule has 1 amide bonds. The number of fused-ring (bicyclic) bond motifs is 1. The topological polar surface area (TPSA) is 69.0 Å². The molecule has 1 saturated heterocycles. The summed E-state index contributed by atoms with van der Waals surface area (Å²) < 4.78 is 8.09. The monoisotopic (exact) mass is 326 g/mol. The molecule has 6 nitrogen and oxygen atoms in total. The minimum absolute atomic E-state index is 0.132. The predicted molar refractivity (Wildman–Crippen MR) is 88.5 cm³/mol. The van der Waals surface area contributed by atoms with Crippen molar-refractivity contribution in [1.29, 1.82) is 0 Å². The van der Waals surface area contributed by atoms with E-state index >= 15 is 0 Å². The third-order valence-electron chi connectivity index (χ3n) is 4.83. The summed E-state index contributed by atoms with van der Waals surface area (Å²) in [5.74, 6) is 2.93. The molecule has 2 aliphatic heterocycles. The average Bonchev–Trinajstić information content (AvgIpc) is 3.13. The molecule has 4 rings (SSSR count). The van der Waals surface area contributed by atoms with E-state index in [1.54, 1.807) is 0 Å². The van der Waals surface area contributed by atoms with E-state index in [1.165, 1.54) is 19.3 Å². The van der Waals surface area contributed by atoms with E-state index in [0.717, 1.165) is 42.3 Å². The molecular weight excluding hydrogens is 304 g/mol. The van der Waals surface area contributed by atoms with E-state index < -0.39 is 0 Å². The van der Waals surface area contributed by atoms with Crippen LogP contribution < -0.4 is 10.1 Å². The molecule has 3 heterocycles. The van der Waals surface area contributed by atoms with Gasteiger partial charge in [0.2, 0.25) is 5.91 Å². The Bertz CT molecular complexity index is 723. The molecule has 0 aliphatic carbocycles. The van der Waals surface area contributed by atoms with Crippen molar-refractivity contribution in [2.75, 3.05) is 0 Å². The van der Waals surface area contributed by atoms with Gasteiger partial charge >= 0.3 is 0 Å². The molecule has 0 unspecified atom stereocenters. The first-order chi connectivity index (χ1) is 11.8. The fraction of sp³-hybridized carbons (Fsp3) is 0.500. The molecule has 0 saturated carbocycles. The number of rotatable bonds is 4. The quantitative estimate of drug-likeness (QED) is 0.937. The number of aromatic nitrogens is 3. The number of ether oxygens (including phenoxy) is 1. The normalized spacial score (nSPS) is 20.3. The maximum atomic E-state index is 11.3. The Kier molecular flexibility index (Phi) is 4.19. The van der Waals surface area contributed by atoms with Crippen LogP contribution in [0.1, 0.15) is 55.4 Å². The van der Waals surface area contributed by atoms with Crippen LogP contribution in [0.2, 0.25) is 0 Å². The van der Waals surface area contributed by atoms with Gasteiger partial charge in [0.15, 0.2) is 5.82 Å². The van der Waals surface area contributed by atoms with Gasteiger partial charge < -0.3 is 14.6 Å². The molecule has 0 radical (unpaired) electrons. The van der Waals surface area contributed by atoms with Crippen molar-refractivity contribution in [3.8, 4) is 5.75 Å². The van der Waals surface area contributed by atoms with Crippen molar-refractivity contribution in [3.63, 3.8) is 0 Å². The van der Waals surface area contributed by atoms with E-state index in [4.69, 9.17) is 4.74 Å². The van der Waals surface area contributed by atoms with E-state index in [1.807, 2.05) is 24.3 Å². The van der Waals surface area contributed by atoms with Crippen molar-refractivity contribution in [2.24, 2.45) is 0 Å². The van der Waals surface area contributed by atoms with Crippen molar-refractivity contribution in [1.82, 2.24) is 20.1 Å². The summed E-state index contributed by atoms with van der Waals surface area (Å²) in [7, 11) is 0. The number of nitrogens with zero attached hydrogens (tertiary/aromatic N) is 3. The zero-order valence-electron chi connectivity index (χ0n) is 13.7. The van der Waals surface area contributed by atoms with Crippen LogP contribution in [0.4, 0.5) is 0 Å². The molecule has 1 N–H and O–H groups in total. The van der Waals surface area contributed by atoms with Crippen LogP contribution in [-0.2, 0) is 24.4 Å². The zero-order chi connectivity index (χ0) is 16.4. The van der Waals surface area contributed by atoms with Crippen LogP contribution >= 0.6 is 0 Å². The fourth-order valence-corrected chi connectivity index (χ4v) is 3.46. The van der Waals surface area contributed by atoms with Gasteiger partial charge in [0, 0.05) is 19.4 Å². The van der Waals surface area contributed by atoms with E-state index in [0.29, 0.717) is 13.0 Å². The lowest BCUT2D eigenvalue weighted by Crippen LogP contribution is -2.18. The number of carbonyl (C=O) groups is 1. The molecule has 126 valence electrons. The first-order valence-corrected chi connectivity index (χ1v) is 8.73. The van der Waals surface area contributed by atoms with Crippen LogP contribution in [0.5, 0.6) is 5.75 Å². The second kappa shape index (κ2) is 6.63. The first kappa shape index (κ1) is 15.2. The smallest absolute Gasteiger partial charge is 0.220 e. The Labute approximate surface area is 141 Å². The molecule has 0 bridgehead atoms. The molecule has 1 atom stereocenters. The Morgan fingerprint density at radius 3 is 2.79 bits per heavy atom. The molecule has 2 aliphatic rings. The third-order valence-corrected chi connectivity index (χ3v) is 4.83. The van der Waals surface area contributed by atoms with Crippen LogP contribution in [0.3, 0.4) is 0 Å². The number of benzene rings is 1. The first-order valence-electron chi connectivity index (χ1n) is 8.73. The Morgan fingerprint density at radius 1 is 1.12 bits per heavy atom. The van der Waals surface area contributed by atoms with Crippen LogP contribution in [0.15, 0.2) is 24.3 Å². The minimum Gasteiger partial charge on any atom is -0.486 e. The standard InChI is InChI=1S/C18H22N4O2/c23-18-10-9-15(19-18)13-5-7-14(8-6-13)24-12-17-21-20-16-4-2-1-3-11-22(16)17/h5-8,15H,1-4,9-12H2,(H,19,23)/t15-/m0/s1. The fourth-order valence-electron chi connectivity index (χ4n) is 3.46. The van der Waals surface area contributed by atoms with Gasteiger partial charge in [-0.15, -0.1) is 10.2 Å². The molecule has 0 spiro atoms. The predicted octanol–water partition coefficient (Wildman–Crippen LogP) is 2.53. The van der Waals surface area contributed by atoms with Crippen molar-refractivity contribution in [2.45, 2.75) is 57.7 Å². The Morgan fingerprint density at radius 2 is 2.00 bits per heavy atom. The second-order valence-electron chi connectivity index (χ2n) is 6.51. The van der Waals surface area contributed by atoms with Gasteiger partial charge in [-0.3, -0.25) is 4.79 Å². The average molecular weight is 326 g/mol. The molecule has 1 aromatic heterocycles. The number of carbonyl (C=O) groups excluding carboxylic acids is 1. The summed E-state index contributed by atoms with van der Waals surface area (Å²) in [5.41, 5.74) is 1.13. The highest BCUT2D eigenvalue weighted by Gasteiger charge is 2.22. The lowest BCUT2D eigenvalue weighted by molar-refractivity contribution is -0.119. The summed E-state index contributed by atoms with van der Waals surface area (Å²) in [6.45, 7) is 1.42. The SMILES string of the molecule is O=C1CC[C@@H](c2ccc(OCc3nnc4n3CCCCC4)cc2)N1. The number of aryl methyl sites for hydroxylation is 1. The lowest BCUT2D eigenvalue weighted by atomic mass is 10.1. The minimum atomic E-state index is 0.132. The second-order valence-corrected chi connectivity index (χ2v) is 6.51. The summed E-state index contributed by atoms with van der Waals surface area (Å²) in [6, 6.07) is 8.10. The van der Waals surface area contributed by atoms with Gasteiger partial charge in [-0.25, -0.2) is 0 Å². The highest BCUT2D eigenvalue weighted by molar-refractivity contribution is 5.78. The largest absolute Gasteiger partial charge is 0.486 e.